The fourth-order valence-electron chi connectivity index (χ4n) is 3.41. The number of benzene rings is 1. The molecule has 2 aliphatic carbocycles. The zero-order valence-corrected chi connectivity index (χ0v) is 11.3. The van der Waals surface area contributed by atoms with Gasteiger partial charge in [-0.25, -0.2) is 8.78 Å². The second-order valence-electron chi connectivity index (χ2n) is 5.36. The Kier molecular flexibility index (Phi) is 2.77. The zero-order valence-electron chi connectivity index (χ0n) is 9.72. The summed E-state index contributed by atoms with van der Waals surface area (Å²) >= 11 is 3.62. The monoisotopic (exact) mass is 300 g/mol. The Bertz CT molecular complexity index is 448. The molecule has 0 radical (unpaired) electrons. The van der Waals surface area contributed by atoms with Crippen molar-refractivity contribution in [2.75, 3.05) is 0 Å². The third-order valence-electron chi connectivity index (χ3n) is 4.39. The summed E-state index contributed by atoms with van der Waals surface area (Å²) in [5.41, 5.74) is 1.15. The second kappa shape index (κ2) is 4.04. The quantitative estimate of drug-likeness (QED) is 0.691. The van der Waals surface area contributed by atoms with Crippen LogP contribution in [0.2, 0.25) is 0 Å². The highest BCUT2D eigenvalue weighted by Gasteiger charge is 2.55. The number of rotatable bonds is 2. The number of aryl methyl sites for hydroxylation is 1. The average molecular weight is 301 g/mol. The molecular formula is C14H15BrF2. The van der Waals surface area contributed by atoms with Gasteiger partial charge in [0.15, 0.2) is 0 Å². The van der Waals surface area contributed by atoms with Crippen molar-refractivity contribution in [1.82, 2.24) is 0 Å². The van der Waals surface area contributed by atoms with Crippen molar-refractivity contribution in [3.63, 3.8) is 0 Å². The van der Waals surface area contributed by atoms with E-state index in [1.807, 2.05) is 0 Å². The molecule has 2 fully saturated rings. The van der Waals surface area contributed by atoms with Crippen LogP contribution in [0.25, 0.3) is 0 Å². The largest absolute Gasteiger partial charge is 0.207 e. The summed E-state index contributed by atoms with van der Waals surface area (Å²) in [7, 11) is 0. The molecular weight excluding hydrogens is 286 g/mol. The van der Waals surface area contributed by atoms with Gasteiger partial charge in [-0.15, -0.1) is 0 Å². The van der Waals surface area contributed by atoms with Gasteiger partial charge in [0.1, 0.15) is 11.6 Å². The maximum absolute atomic E-state index is 13.8. The molecule has 0 heterocycles. The molecule has 0 amide bonds. The molecule has 0 spiro atoms. The number of fused-ring (bicyclic) bond motifs is 1. The molecule has 0 N–H and O–H groups in total. The molecule has 1 aromatic rings. The molecule has 17 heavy (non-hydrogen) atoms. The Hall–Kier alpha value is -0.440. The lowest BCUT2D eigenvalue weighted by Gasteiger charge is -2.14. The van der Waals surface area contributed by atoms with Gasteiger partial charge in [-0.2, -0.15) is 0 Å². The van der Waals surface area contributed by atoms with Crippen LogP contribution in [0.5, 0.6) is 0 Å². The van der Waals surface area contributed by atoms with Crippen molar-refractivity contribution in [1.29, 1.82) is 0 Å². The Labute approximate surface area is 109 Å². The first-order valence-corrected chi connectivity index (χ1v) is 7.11. The van der Waals surface area contributed by atoms with Crippen LogP contribution >= 0.6 is 15.9 Å². The van der Waals surface area contributed by atoms with Crippen molar-refractivity contribution in [2.24, 2.45) is 17.8 Å². The SMILES string of the molecule is Cc1cc(C(Br)C2C3CCCC32)c(F)cc1F. The van der Waals surface area contributed by atoms with Crippen LogP contribution in [-0.2, 0) is 0 Å². The highest BCUT2D eigenvalue weighted by Crippen LogP contribution is 2.64. The minimum absolute atomic E-state index is 0.0529. The van der Waals surface area contributed by atoms with Gasteiger partial charge in [-0.3, -0.25) is 0 Å². The molecule has 0 saturated heterocycles. The highest BCUT2D eigenvalue weighted by atomic mass is 79.9. The van der Waals surface area contributed by atoms with Gasteiger partial charge < -0.3 is 0 Å². The molecule has 1 aromatic carbocycles. The van der Waals surface area contributed by atoms with E-state index in [9.17, 15) is 8.78 Å². The van der Waals surface area contributed by atoms with Crippen LogP contribution in [0.4, 0.5) is 8.78 Å². The second-order valence-corrected chi connectivity index (χ2v) is 6.35. The molecule has 3 unspecified atom stereocenters. The van der Waals surface area contributed by atoms with Crippen molar-refractivity contribution in [2.45, 2.75) is 31.0 Å². The summed E-state index contributed by atoms with van der Waals surface area (Å²) in [6.07, 6.45) is 3.87. The maximum atomic E-state index is 13.8. The summed E-state index contributed by atoms with van der Waals surface area (Å²) in [6, 6.07) is 2.66. The molecule has 3 rings (SSSR count). The normalized spacial score (nSPS) is 32.4. The molecule has 2 aliphatic rings. The minimum atomic E-state index is -0.457. The molecule has 0 bridgehead atoms. The summed E-state index contributed by atoms with van der Waals surface area (Å²) in [6.45, 7) is 1.69. The fraction of sp³-hybridized carbons (Fsp3) is 0.571. The van der Waals surface area contributed by atoms with Gasteiger partial charge in [-0.1, -0.05) is 22.4 Å². The van der Waals surface area contributed by atoms with E-state index in [2.05, 4.69) is 15.9 Å². The van der Waals surface area contributed by atoms with E-state index in [0.717, 1.165) is 17.9 Å². The third kappa shape index (κ3) is 1.83. The summed E-state index contributed by atoms with van der Waals surface area (Å²) < 4.78 is 27.0. The van der Waals surface area contributed by atoms with Crippen LogP contribution < -0.4 is 0 Å². The standard InChI is InChI=1S/C14H15BrF2/c1-7-5-10(12(17)6-11(7)16)14(15)13-8-3-2-4-9(8)13/h5-6,8-9,13-14H,2-4H2,1H3. The van der Waals surface area contributed by atoms with Gasteiger partial charge in [0, 0.05) is 16.5 Å². The Balaban J connectivity index is 1.87. The third-order valence-corrected chi connectivity index (χ3v) is 5.49. The lowest BCUT2D eigenvalue weighted by molar-refractivity contribution is 0.538. The van der Waals surface area contributed by atoms with Crippen molar-refractivity contribution in [3.05, 3.63) is 34.9 Å². The molecule has 2 saturated carbocycles. The predicted octanol–water partition coefficient (Wildman–Crippen LogP) is 4.76. The first kappa shape index (κ1) is 11.6. The van der Waals surface area contributed by atoms with Crippen molar-refractivity contribution < 1.29 is 8.78 Å². The Morgan fingerprint density at radius 3 is 2.47 bits per heavy atom. The average Bonchev–Trinajstić information content (AvgIpc) is 2.76. The lowest BCUT2D eigenvalue weighted by atomic mass is 10.0. The molecule has 0 aromatic heterocycles. The molecule has 92 valence electrons. The smallest absolute Gasteiger partial charge is 0.130 e. The highest BCUT2D eigenvalue weighted by molar-refractivity contribution is 9.09. The number of halogens is 3. The van der Waals surface area contributed by atoms with E-state index in [0.29, 0.717) is 17.0 Å². The van der Waals surface area contributed by atoms with E-state index in [-0.39, 0.29) is 4.83 Å². The molecule has 3 atom stereocenters. The first-order chi connectivity index (χ1) is 8.09. The van der Waals surface area contributed by atoms with E-state index < -0.39 is 11.6 Å². The lowest BCUT2D eigenvalue weighted by Crippen LogP contribution is -2.02. The topological polar surface area (TPSA) is 0 Å². The van der Waals surface area contributed by atoms with E-state index in [1.165, 1.54) is 19.3 Å². The Morgan fingerprint density at radius 2 is 1.82 bits per heavy atom. The van der Waals surface area contributed by atoms with E-state index >= 15 is 0 Å². The van der Waals surface area contributed by atoms with Crippen LogP contribution in [0, 0.1) is 36.3 Å². The van der Waals surface area contributed by atoms with Gasteiger partial charge in [0.25, 0.3) is 0 Å². The van der Waals surface area contributed by atoms with Gasteiger partial charge in [0.05, 0.1) is 0 Å². The van der Waals surface area contributed by atoms with Crippen molar-refractivity contribution in [3.8, 4) is 0 Å². The van der Waals surface area contributed by atoms with Crippen LogP contribution in [-0.4, -0.2) is 0 Å². The predicted molar refractivity (Wildman–Crippen MR) is 67.1 cm³/mol. The summed E-state index contributed by atoms with van der Waals surface area (Å²) in [5.74, 6) is 1.22. The van der Waals surface area contributed by atoms with E-state index in [4.69, 9.17) is 0 Å². The molecule has 3 heteroatoms. The first-order valence-electron chi connectivity index (χ1n) is 6.19. The summed E-state index contributed by atoms with van der Waals surface area (Å²) in [5, 5.41) is 0. The number of hydrogen-bond donors (Lipinski definition) is 0. The maximum Gasteiger partial charge on any atom is 0.130 e. The fourth-order valence-corrected chi connectivity index (χ4v) is 4.54. The van der Waals surface area contributed by atoms with Crippen LogP contribution in [0.15, 0.2) is 12.1 Å². The molecule has 0 nitrogen and oxygen atoms in total. The minimum Gasteiger partial charge on any atom is -0.207 e. The van der Waals surface area contributed by atoms with Gasteiger partial charge in [0.2, 0.25) is 0 Å². The van der Waals surface area contributed by atoms with E-state index in [1.54, 1.807) is 13.0 Å². The number of hydrogen-bond acceptors (Lipinski definition) is 0. The number of alkyl halides is 1. The molecule has 0 aliphatic heterocycles. The zero-order chi connectivity index (χ0) is 12.2. The van der Waals surface area contributed by atoms with Gasteiger partial charge in [-0.05, 0) is 49.1 Å². The summed E-state index contributed by atoms with van der Waals surface area (Å²) in [4.78, 5) is 0.0529. The van der Waals surface area contributed by atoms with Crippen LogP contribution in [0.1, 0.15) is 35.2 Å². The van der Waals surface area contributed by atoms with Crippen molar-refractivity contribution >= 4 is 15.9 Å². The van der Waals surface area contributed by atoms with Crippen LogP contribution in [0.3, 0.4) is 0 Å². The Morgan fingerprint density at radius 1 is 1.18 bits per heavy atom. The van der Waals surface area contributed by atoms with Gasteiger partial charge >= 0.3 is 0 Å².